The molecule has 0 aliphatic carbocycles. The average Bonchev–Trinajstić information content (AvgIpc) is 3.37. The van der Waals surface area contributed by atoms with Gasteiger partial charge in [0.2, 0.25) is 0 Å². The number of hydrogen-bond donors (Lipinski definition) is 0. The fraction of sp³-hybridized carbons (Fsp3) is 0. The molecule has 0 saturated carbocycles. The first kappa shape index (κ1) is 44.2. The van der Waals surface area contributed by atoms with Gasteiger partial charge in [-0.1, -0.05) is 206 Å². The topological polar surface area (TPSA) is 3.24 Å². The summed E-state index contributed by atoms with van der Waals surface area (Å²) in [5, 5.41) is 15.6. The minimum absolute atomic E-state index is 1.25. The Bertz CT molecular complexity index is 4020. The Morgan fingerprint density at radius 2 is 0.629 bits per heavy atom. The van der Waals surface area contributed by atoms with Gasteiger partial charge >= 0.3 is 0 Å². The monoisotopic (exact) mass is 879 g/mol. The van der Waals surface area contributed by atoms with Crippen molar-refractivity contribution < 1.29 is 0 Å². The molecular weight excluding hydrogens is 830 g/mol. The zero-order valence-electron chi connectivity index (χ0n) is 42.5. The zero-order valence-corrected chi connectivity index (χ0v) is 42.5. The molecule has 0 heterocycles. The van der Waals surface area contributed by atoms with Gasteiger partial charge < -0.3 is 4.90 Å². The SMILES string of the molecule is Bc1cc(-c2cc3ccc4cccc5c6cccc7ccc8cccc(c(c2)c3c45)c8c76)c(B)c(B)c1N(c1c(B)c(B)c(-c2ccccc2)c(B)c1B)c1c(B)c(B)c(-c2ccccc2)c(B)c1B. The molecular formula is C58H48B11N. The highest BCUT2D eigenvalue weighted by Crippen LogP contribution is 2.44. The summed E-state index contributed by atoms with van der Waals surface area (Å²) >= 11 is 0. The number of anilines is 3. The third-order valence-electron chi connectivity index (χ3n) is 16.8. The highest BCUT2D eigenvalue weighted by atomic mass is 15.2. The maximum absolute atomic E-state index is 2.69. The third-order valence-corrected chi connectivity index (χ3v) is 16.8. The molecule has 12 aromatic carbocycles. The summed E-state index contributed by atoms with van der Waals surface area (Å²) in [7, 11) is 25.8. The Labute approximate surface area is 421 Å². The zero-order chi connectivity index (χ0) is 48.4. The second-order valence-corrected chi connectivity index (χ2v) is 20.3. The van der Waals surface area contributed by atoms with Gasteiger partial charge in [-0.3, -0.25) is 0 Å². The number of fused-ring (bicyclic) bond motifs is 2. The summed E-state index contributed by atoms with van der Waals surface area (Å²) in [5.41, 5.74) is 25.9. The van der Waals surface area contributed by atoms with Gasteiger partial charge in [-0.15, -0.1) is 0 Å². The summed E-state index contributed by atoms with van der Waals surface area (Å²) in [6.45, 7) is 0. The minimum atomic E-state index is 1.25. The van der Waals surface area contributed by atoms with Crippen molar-refractivity contribution in [3.63, 3.8) is 0 Å². The molecule has 0 N–H and O–H groups in total. The van der Waals surface area contributed by atoms with Crippen molar-refractivity contribution in [1.82, 2.24) is 0 Å². The normalized spacial score (nSPS) is 11.8. The summed E-state index contributed by atoms with van der Waals surface area (Å²) < 4.78 is 0. The van der Waals surface area contributed by atoms with Crippen LogP contribution in [0.3, 0.4) is 0 Å². The predicted molar refractivity (Wildman–Crippen MR) is 344 cm³/mol. The smallest absolute Gasteiger partial charge is 0.142 e. The lowest BCUT2D eigenvalue weighted by Crippen LogP contribution is -2.52. The van der Waals surface area contributed by atoms with E-state index in [-0.39, 0.29) is 0 Å². The Kier molecular flexibility index (Phi) is 10.5. The van der Waals surface area contributed by atoms with E-state index in [0.29, 0.717) is 0 Å². The van der Waals surface area contributed by atoms with Gasteiger partial charge in [-0.25, -0.2) is 0 Å². The van der Waals surface area contributed by atoms with Crippen LogP contribution in [0.2, 0.25) is 0 Å². The molecule has 0 spiro atoms. The molecule has 12 heteroatoms. The number of rotatable bonds is 6. The van der Waals surface area contributed by atoms with E-state index in [0.717, 1.165) is 0 Å². The van der Waals surface area contributed by atoms with Crippen LogP contribution in [0.25, 0.3) is 98.0 Å². The lowest BCUT2D eigenvalue weighted by Gasteiger charge is -2.39. The molecule has 0 unspecified atom stereocenters. The van der Waals surface area contributed by atoms with Crippen LogP contribution in [0.15, 0.2) is 158 Å². The minimum Gasteiger partial charge on any atom is -0.314 e. The van der Waals surface area contributed by atoms with Gasteiger partial charge in [-0.05, 0) is 110 Å². The Morgan fingerprint density at radius 1 is 0.257 bits per heavy atom. The van der Waals surface area contributed by atoms with Crippen molar-refractivity contribution in [2.45, 2.75) is 0 Å². The second-order valence-electron chi connectivity index (χ2n) is 20.3. The summed E-state index contributed by atoms with van der Waals surface area (Å²) in [6, 6.07) is 59.3. The molecule has 0 radical (unpaired) electrons. The Morgan fingerprint density at radius 3 is 1.06 bits per heavy atom. The van der Waals surface area contributed by atoms with E-state index in [4.69, 9.17) is 0 Å². The van der Waals surface area contributed by atoms with E-state index in [1.807, 2.05) is 0 Å². The quantitative estimate of drug-likeness (QED) is 0.131. The van der Waals surface area contributed by atoms with Crippen LogP contribution in [0.5, 0.6) is 0 Å². The molecule has 0 bridgehead atoms. The lowest BCUT2D eigenvalue weighted by molar-refractivity contribution is 1.36. The van der Waals surface area contributed by atoms with E-state index in [2.05, 4.69) is 249 Å². The molecule has 12 aromatic rings. The molecule has 1 nitrogen and oxygen atoms in total. The number of hydrogen-bond acceptors (Lipinski definition) is 1. The largest absolute Gasteiger partial charge is 0.314 e. The Hall–Kier alpha value is -7.03. The average molecular weight is 878 g/mol. The van der Waals surface area contributed by atoms with Gasteiger partial charge in [0.15, 0.2) is 0 Å². The van der Waals surface area contributed by atoms with Crippen molar-refractivity contribution in [1.29, 1.82) is 0 Å². The van der Waals surface area contributed by atoms with Crippen LogP contribution in [0.4, 0.5) is 17.1 Å². The van der Waals surface area contributed by atoms with Gasteiger partial charge in [0.05, 0.1) is 0 Å². The highest BCUT2D eigenvalue weighted by Gasteiger charge is 2.29. The Balaban J connectivity index is 1.16. The lowest BCUT2D eigenvalue weighted by atomic mass is 9.62. The fourth-order valence-corrected chi connectivity index (χ4v) is 12.8. The van der Waals surface area contributed by atoms with E-state index in [1.54, 1.807) is 0 Å². The molecule has 0 atom stereocenters. The van der Waals surface area contributed by atoms with Crippen molar-refractivity contribution in [3.05, 3.63) is 158 Å². The van der Waals surface area contributed by atoms with E-state index < -0.39 is 0 Å². The first-order valence-corrected chi connectivity index (χ1v) is 25.0. The molecule has 0 aliphatic rings. The molecule has 12 rings (SSSR count). The van der Waals surface area contributed by atoms with Crippen molar-refractivity contribution >= 4 is 228 Å². The third kappa shape index (κ3) is 6.41. The molecule has 0 fully saturated rings. The van der Waals surface area contributed by atoms with Crippen molar-refractivity contribution in [2.75, 3.05) is 4.90 Å². The van der Waals surface area contributed by atoms with Crippen LogP contribution < -0.4 is 65.0 Å². The van der Waals surface area contributed by atoms with Crippen LogP contribution in [-0.2, 0) is 0 Å². The van der Waals surface area contributed by atoms with E-state index in [9.17, 15) is 0 Å². The summed E-state index contributed by atoms with van der Waals surface area (Å²) in [6.07, 6.45) is 0. The fourth-order valence-electron chi connectivity index (χ4n) is 12.8. The number of benzene rings is 11. The van der Waals surface area contributed by atoms with Crippen LogP contribution in [0.1, 0.15) is 0 Å². The molecule has 70 heavy (non-hydrogen) atoms. The molecule has 0 aliphatic heterocycles. The first-order valence-electron chi connectivity index (χ1n) is 25.0. The second kappa shape index (κ2) is 16.6. The van der Waals surface area contributed by atoms with E-state index >= 15 is 0 Å². The molecule has 0 amide bonds. The van der Waals surface area contributed by atoms with Gasteiger partial charge in [0.1, 0.15) is 86.3 Å². The summed E-state index contributed by atoms with van der Waals surface area (Å²) in [5.74, 6) is 0. The number of nitrogens with zero attached hydrogens (tertiary/aromatic N) is 1. The maximum Gasteiger partial charge on any atom is 0.142 e. The predicted octanol–water partition coefficient (Wildman–Crippen LogP) is -2.64. The van der Waals surface area contributed by atoms with Gasteiger partial charge in [0, 0.05) is 17.1 Å². The van der Waals surface area contributed by atoms with Crippen LogP contribution in [-0.4, -0.2) is 86.3 Å². The van der Waals surface area contributed by atoms with Gasteiger partial charge in [-0.2, -0.15) is 0 Å². The van der Waals surface area contributed by atoms with Crippen LogP contribution in [0, 0.1) is 0 Å². The summed E-state index contributed by atoms with van der Waals surface area (Å²) in [4.78, 5) is 2.69. The van der Waals surface area contributed by atoms with Gasteiger partial charge in [0.25, 0.3) is 0 Å². The first-order chi connectivity index (χ1) is 33.8. The van der Waals surface area contributed by atoms with Crippen molar-refractivity contribution in [3.8, 4) is 33.4 Å². The standard InChI is InChI=1S/C58H48B11N/c59-39-26-37(33-24-32-23-22-31-15-8-18-35-34-17-7-14-29-20-21-30-16-9-19-36(42(30)40(29)34)38(25-33)43(32)41(31)35)46(60)51(65)56(39)70(57-52(66)47(61)44(48(62)53(57)67)27-10-3-1-4-11-27)58-54(68)49(63)45(50(64)55(58)69)28-12-5-2-6-13-28/h1-26H,59-69H2. The highest BCUT2D eigenvalue weighted by molar-refractivity contribution is 6.66. The maximum atomic E-state index is 2.69. The van der Waals surface area contributed by atoms with E-state index in [1.165, 1.54) is 175 Å². The van der Waals surface area contributed by atoms with Crippen molar-refractivity contribution in [2.24, 2.45) is 0 Å². The molecule has 318 valence electrons. The van der Waals surface area contributed by atoms with Crippen LogP contribution >= 0.6 is 0 Å². The molecule has 0 aromatic heterocycles. The molecule has 0 saturated heterocycles.